The molecule has 0 aliphatic rings. The molecular formula is C19H22N2O. The Labute approximate surface area is 131 Å². The summed E-state index contributed by atoms with van der Waals surface area (Å²) in [7, 11) is 0. The molecule has 0 spiro atoms. The lowest BCUT2D eigenvalue weighted by atomic mass is 10.0. The van der Waals surface area contributed by atoms with Crippen LogP contribution in [-0.2, 0) is 6.42 Å². The van der Waals surface area contributed by atoms with E-state index < -0.39 is 6.10 Å². The van der Waals surface area contributed by atoms with Gasteiger partial charge in [-0.2, -0.15) is 0 Å². The number of H-pyrrole nitrogens is 1. The molecule has 3 N–H and O–H groups in total. The number of aliphatic hydroxyl groups is 1. The first-order chi connectivity index (χ1) is 10.8. The lowest BCUT2D eigenvalue weighted by molar-refractivity contribution is 0.136. The molecule has 0 amide bonds. The average molecular weight is 294 g/mol. The molecule has 1 heterocycles. The number of fused-ring (bicyclic) bond motifs is 1. The van der Waals surface area contributed by atoms with E-state index in [0.29, 0.717) is 0 Å². The van der Waals surface area contributed by atoms with Gasteiger partial charge in [-0.25, -0.2) is 0 Å². The number of benzene rings is 2. The Morgan fingerprint density at radius 3 is 2.59 bits per heavy atom. The maximum Gasteiger partial charge on any atom is 0.0940 e. The fourth-order valence-electron chi connectivity index (χ4n) is 2.82. The van der Waals surface area contributed by atoms with E-state index in [9.17, 15) is 5.11 Å². The van der Waals surface area contributed by atoms with Crippen molar-refractivity contribution >= 4 is 10.9 Å². The summed E-state index contributed by atoms with van der Waals surface area (Å²) in [6, 6.07) is 18.2. The summed E-state index contributed by atoms with van der Waals surface area (Å²) < 4.78 is 0. The Hall–Kier alpha value is -2.10. The zero-order valence-corrected chi connectivity index (χ0v) is 12.8. The van der Waals surface area contributed by atoms with E-state index in [-0.39, 0.29) is 6.04 Å². The summed E-state index contributed by atoms with van der Waals surface area (Å²) in [5, 5.41) is 15.0. The molecule has 3 nitrogen and oxygen atoms in total. The first-order valence-electron chi connectivity index (χ1n) is 7.77. The Kier molecular flexibility index (Phi) is 4.56. The minimum absolute atomic E-state index is 0.0209. The minimum Gasteiger partial charge on any atom is -0.387 e. The fraction of sp³-hybridized carbons (Fsp3) is 0.263. The van der Waals surface area contributed by atoms with Crippen molar-refractivity contribution < 1.29 is 5.11 Å². The topological polar surface area (TPSA) is 48.0 Å². The maximum atomic E-state index is 10.3. The van der Waals surface area contributed by atoms with Crippen molar-refractivity contribution in [3.05, 3.63) is 71.9 Å². The molecule has 3 heteroatoms. The van der Waals surface area contributed by atoms with Crippen LogP contribution in [-0.4, -0.2) is 22.7 Å². The van der Waals surface area contributed by atoms with Gasteiger partial charge in [-0.05, 0) is 37.1 Å². The van der Waals surface area contributed by atoms with Gasteiger partial charge in [0.15, 0.2) is 0 Å². The third-order valence-electron chi connectivity index (χ3n) is 4.15. The number of aromatic amines is 1. The predicted octanol–water partition coefficient (Wildman–Crippen LogP) is 3.42. The number of aliphatic hydroxyl groups excluding tert-OH is 1. The normalized spacial score (nSPS) is 14.1. The third kappa shape index (κ3) is 3.21. The van der Waals surface area contributed by atoms with Crippen LogP contribution in [0.25, 0.3) is 10.9 Å². The van der Waals surface area contributed by atoms with Crippen LogP contribution in [0.2, 0.25) is 0 Å². The molecule has 0 bridgehead atoms. The smallest absolute Gasteiger partial charge is 0.0940 e. The van der Waals surface area contributed by atoms with E-state index >= 15 is 0 Å². The van der Waals surface area contributed by atoms with Gasteiger partial charge in [-0.3, -0.25) is 0 Å². The van der Waals surface area contributed by atoms with Crippen LogP contribution in [0, 0.1) is 0 Å². The number of para-hydroxylation sites is 1. The number of nitrogens with one attached hydrogen (secondary N) is 2. The minimum atomic E-state index is -0.482. The van der Waals surface area contributed by atoms with Crippen molar-refractivity contribution in [2.75, 3.05) is 6.54 Å². The van der Waals surface area contributed by atoms with Crippen molar-refractivity contribution in [3.8, 4) is 0 Å². The van der Waals surface area contributed by atoms with Gasteiger partial charge >= 0.3 is 0 Å². The Morgan fingerprint density at radius 2 is 1.77 bits per heavy atom. The highest BCUT2D eigenvalue weighted by Gasteiger charge is 2.15. The van der Waals surface area contributed by atoms with E-state index in [1.54, 1.807) is 0 Å². The van der Waals surface area contributed by atoms with Gasteiger partial charge in [-0.1, -0.05) is 48.5 Å². The van der Waals surface area contributed by atoms with Crippen LogP contribution >= 0.6 is 0 Å². The Bertz CT molecular complexity index is 720. The molecule has 0 aliphatic carbocycles. The number of aromatic nitrogens is 1. The molecule has 22 heavy (non-hydrogen) atoms. The lowest BCUT2D eigenvalue weighted by Gasteiger charge is -2.20. The largest absolute Gasteiger partial charge is 0.387 e. The van der Waals surface area contributed by atoms with Gasteiger partial charge in [0.1, 0.15) is 0 Å². The molecular weight excluding hydrogens is 272 g/mol. The Morgan fingerprint density at radius 1 is 1.05 bits per heavy atom. The molecule has 0 saturated carbocycles. The first kappa shape index (κ1) is 14.8. The molecule has 1 aromatic heterocycles. The molecule has 3 rings (SSSR count). The molecule has 0 saturated heterocycles. The second-order valence-electron chi connectivity index (χ2n) is 5.71. The number of hydrogen-bond acceptors (Lipinski definition) is 2. The van der Waals surface area contributed by atoms with Crippen LogP contribution in [0.5, 0.6) is 0 Å². The average Bonchev–Trinajstić information content (AvgIpc) is 2.98. The zero-order valence-electron chi connectivity index (χ0n) is 12.8. The van der Waals surface area contributed by atoms with Crippen molar-refractivity contribution in [1.82, 2.24) is 10.3 Å². The van der Waals surface area contributed by atoms with E-state index in [4.69, 9.17) is 0 Å². The summed E-state index contributed by atoms with van der Waals surface area (Å²) >= 11 is 0. The van der Waals surface area contributed by atoms with E-state index in [0.717, 1.165) is 18.5 Å². The monoisotopic (exact) mass is 294 g/mol. The third-order valence-corrected chi connectivity index (χ3v) is 4.15. The van der Waals surface area contributed by atoms with Crippen molar-refractivity contribution in [3.63, 3.8) is 0 Å². The van der Waals surface area contributed by atoms with Gasteiger partial charge in [0.05, 0.1) is 6.10 Å². The van der Waals surface area contributed by atoms with Gasteiger partial charge in [0.2, 0.25) is 0 Å². The second-order valence-corrected chi connectivity index (χ2v) is 5.71. The summed E-state index contributed by atoms with van der Waals surface area (Å²) in [6.45, 7) is 2.86. The molecule has 2 atom stereocenters. The van der Waals surface area contributed by atoms with Gasteiger partial charge in [0.25, 0.3) is 0 Å². The van der Waals surface area contributed by atoms with E-state index in [2.05, 4.69) is 34.7 Å². The van der Waals surface area contributed by atoms with Gasteiger partial charge < -0.3 is 15.4 Å². The van der Waals surface area contributed by atoms with Crippen LogP contribution in [0.3, 0.4) is 0 Å². The van der Waals surface area contributed by atoms with Gasteiger partial charge in [-0.15, -0.1) is 0 Å². The summed E-state index contributed by atoms with van der Waals surface area (Å²) in [5.74, 6) is 0. The predicted molar refractivity (Wildman–Crippen MR) is 90.9 cm³/mol. The molecule has 114 valence electrons. The van der Waals surface area contributed by atoms with Crippen LogP contribution < -0.4 is 5.32 Å². The molecule has 2 aromatic carbocycles. The zero-order chi connectivity index (χ0) is 15.4. The van der Waals surface area contributed by atoms with E-state index in [1.807, 2.05) is 43.3 Å². The molecule has 0 radical (unpaired) electrons. The lowest BCUT2D eigenvalue weighted by Crippen LogP contribution is -2.33. The van der Waals surface area contributed by atoms with Gasteiger partial charge in [0, 0.05) is 23.1 Å². The van der Waals surface area contributed by atoms with Crippen LogP contribution in [0.15, 0.2) is 60.8 Å². The van der Waals surface area contributed by atoms with Crippen molar-refractivity contribution in [2.45, 2.75) is 25.5 Å². The van der Waals surface area contributed by atoms with Crippen LogP contribution in [0.1, 0.15) is 24.2 Å². The van der Waals surface area contributed by atoms with Crippen molar-refractivity contribution in [1.29, 1.82) is 0 Å². The highest BCUT2D eigenvalue weighted by molar-refractivity contribution is 5.83. The Balaban J connectivity index is 1.56. The summed E-state index contributed by atoms with van der Waals surface area (Å²) in [5.41, 5.74) is 3.44. The SMILES string of the molecule is C[C@@H](NCCc1c[nH]c2ccccc12)[C@@H](O)c1ccccc1. The number of hydrogen-bond donors (Lipinski definition) is 3. The summed E-state index contributed by atoms with van der Waals surface area (Å²) in [6.07, 6.45) is 2.53. The van der Waals surface area contributed by atoms with Crippen molar-refractivity contribution in [2.24, 2.45) is 0 Å². The molecule has 0 unspecified atom stereocenters. The summed E-state index contributed by atoms with van der Waals surface area (Å²) in [4.78, 5) is 3.30. The maximum absolute atomic E-state index is 10.3. The van der Waals surface area contributed by atoms with E-state index in [1.165, 1.54) is 16.5 Å². The first-order valence-corrected chi connectivity index (χ1v) is 7.77. The molecule has 3 aromatic rings. The second kappa shape index (κ2) is 6.77. The fourth-order valence-corrected chi connectivity index (χ4v) is 2.82. The number of rotatable bonds is 6. The quantitative estimate of drug-likeness (QED) is 0.652. The van der Waals surface area contributed by atoms with Crippen LogP contribution in [0.4, 0.5) is 0 Å². The molecule has 0 fully saturated rings. The standard InChI is InChI=1S/C19H22N2O/c1-14(19(22)15-7-3-2-4-8-15)20-12-11-16-13-21-18-10-6-5-9-17(16)18/h2-10,13-14,19-22H,11-12H2,1H3/t14-,19-/m1/s1. The highest BCUT2D eigenvalue weighted by Crippen LogP contribution is 2.19. The molecule has 0 aliphatic heterocycles. The highest BCUT2D eigenvalue weighted by atomic mass is 16.3.